The van der Waals surface area contributed by atoms with Crippen LogP contribution in [0.3, 0.4) is 0 Å². The summed E-state index contributed by atoms with van der Waals surface area (Å²) in [6.07, 6.45) is 4.65. The molecule has 2 heterocycles. The third-order valence-corrected chi connectivity index (χ3v) is 4.80. The average Bonchev–Trinajstić information content (AvgIpc) is 2.57. The molecule has 0 unspecified atom stereocenters. The normalized spacial score (nSPS) is 15.3. The maximum Gasteiger partial charge on any atom is 0.232 e. The summed E-state index contributed by atoms with van der Waals surface area (Å²) in [5, 5.41) is 3.33. The van der Waals surface area contributed by atoms with Gasteiger partial charge in [0.15, 0.2) is 0 Å². The molecule has 124 valence electrons. The van der Waals surface area contributed by atoms with Crippen LogP contribution >= 0.6 is 23.4 Å². The van der Waals surface area contributed by atoms with Crippen molar-refractivity contribution < 1.29 is 9.59 Å². The first kappa shape index (κ1) is 17.8. The van der Waals surface area contributed by atoms with E-state index in [1.165, 1.54) is 6.20 Å². The number of aromatic nitrogens is 1. The number of hydrogen-bond acceptors (Lipinski definition) is 4. The number of carbonyl (C=O) groups excluding carboxylic acids is 2. The molecule has 0 radical (unpaired) electrons. The smallest absolute Gasteiger partial charge is 0.232 e. The van der Waals surface area contributed by atoms with Crippen molar-refractivity contribution in [2.45, 2.75) is 12.8 Å². The molecule has 1 aliphatic rings. The fourth-order valence-corrected chi connectivity index (χ4v) is 3.14. The van der Waals surface area contributed by atoms with Crippen LogP contribution < -0.4 is 5.32 Å². The number of amides is 2. The number of piperidine rings is 1. The van der Waals surface area contributed by atoms with Crippen molar-refractivity contribution in [3.05, 3.63) is 36.0 Å². The summed E-state index contributed by atoms with van der Waals surface area (Å²) in [6, 6.07) is 3.36. The van der Waals surface area contributed by atoms with Crippen molar-refractivity contribution in [3.63, 3.8) is 0 Å². The average molecular weight is 354 g/mol. The summed E-state index contributed by atoms with van der Waals surface area (Å²) in [7, 11) is 0. The fraction of sp³-hybridized carbons (Fsp3) is 0.438. The van der Waals surface area contributed by atoms with Gasteiger partial charge in [0.2, 0.25) is 11.8 Å². The van der Waals surface area contributed by atoms with Crippen LogP contribution in [0.1, 0.15) is 12.8 Å². The maximum atomic E-state index is 12.2. The van der Waals surface area contributed by atoms with Gasteiger partial charge in [-0.25, -0.2) is 4.98 Å². The molecule has 7 heteroatoms. The van der Waals surface area contributed by atoms with Crippen molar-refractivity contribution in [1.29, 1.82) is 0 Å². The molecule has 1 aromatic heterocycles. The quantitative estimate of drug-likeness (QED) is 0.631. The van der Waals surface area contributed by atoms with Crippen LogP contribution in [0.5, 0.6) is 0 Å². The van der Waals surface area contributed by atoms with Gasteiger partial charge in [-0.2, -0.15) is 0 Å². The predicted molar refractivity (Wildman–Crippen MR) is 94.7 cm³/mol. The van der Waals surface area contributed by atoms with E-state index in [2.05, 4.69) is 16.9 Å². The van der Waals surface area contributed by atoms with E-state index in [0.29, 0.717) is 42.5 Å². The van der Waals surface area contributed by atoms with Crippen molar-refractivity contribution in [3.8, 4) is 0 Å². The molecule has 1 N–H and O–H groups in total. The second kappa shape index (κ2) is 8.93. The Kier molecular flexibility index (Phi) is 6.92. The number of nitrogens with zero attached hydrogens (tertiary/aromatic N) is 2. The largest absolute Gasteiger partial charge is 0.342 e. The summed E-state index contributed by atoms with van der Waals surface area (Å²) < 4.78 is 0. The molecule has 23 heavy (non-hydrogen) atoms. The Labute approximate surface area is 145 Å². The van der Waals surface area contributed by atoms with Crippen LogP contribution in [-0.2, 0) is 9.59 Å². The van der Waals surface area contributed by atoms with Crippen LogP contribution in [0.25, 0.3) is 0 Å². The van der Waals surface area contributed by atoms with Gasteiger partial charge in [-0.15, -0.1) is 18.3 Å². The van der Waals surface area contributed by atoms with Gasteiger partial charge in [0.05, 0.1) is 10.8 Å². The molecule has 0 spiro atoms. The molecule has 2 rings (SSSR count). The monoisotopic (exact) mass is 353 g/mol. The number of anilines is 1. The van der Waals surface area contributed by atoms with Gasteiger partial charge in [0, 0.05) is 31.0 Å². The maximum absolute atomic E-state index is 12.2. The zero-order valence-corrected chi connectivity index (χ0v) is 14.4. The highest BCUT2D eigenvalue weighted by Crippen LogP contribution is 2.20. The van der Waals surface area contributed by atoms with Crippen LogP contribution in [0.4, 0.5) is 5.82 Å². The van der Waals surface area contributed by atoms with E-state index in [0.717, 1.165) is 5.75 Å². The second-order valence-corrected chi connectivity index (χ2v) is 6.78. The first-order chi connectivity index (χ1) is 11.1. The molecule has 5 nitrogen and oxygen atoms in total. The van der Waals surface area contributed by atoms with E-state index < -0.39 is 0 Å². The number of nitrogens with one attached hydrogen (secondary N) is 1. The SMILES string of the molecule is C=CCSCC(=O)N1CCC(C(=O)Nc2ccc(Cl)cn2)CC1. The highest BCUT2D eigenvalue weighted by molar-refractivity contribution is 8.00. The number of pyridine rings is 1. The molecule has 2 amide bonds. The predicted octanol–water partition coefficient (Wildman–Crippen LogP) is 2.83. The molecular weight excluding hydrogens is 334 g/mol. The molecule has 0 aromatic carbocycles. The molecule has 1 fully saturated rings. The van der Waals surface area contributed by atoms with Gasteiger partial charge in [-0.1, -0.05) is 17.7 Å². The number of likely N-dealkylation sites (tertiary alicyclic amines) is 1. The molecule has 0 bridgehead atoms. The van der Waals surface area contributed by atoms with E-state index in [1.807, 2.05) is 4.90 Å². The molecule has 1 aromatic rings. The number of rotatable bonds is 6. The van der Waals surface area contributed by atoms with E-state index in [9.17, 15) is 9.59 Å². The van der Waals surface area contributed by atoms with Gasteiger partial charge in [0.25, 0.3) is 0 Å². The van der Waals surface area contributed by atoms with Crippen molar-refractivity contribution in [2.24, 2.45) is 5.92 Å². The summed E-state index contributed by atoms with van der Waals surface area (Å²) >= 11 is 7.33. The van der Waals surface area contributed by atoms with Crippen molar-refractivity contribution >= 4 is 41.0 Å². The molecule has 0 saturated carbocycles. The first-order valence-corrected chi connectivity index (χ1v) is 9.02. The van der Waals surface area contributed by atoms with E-state index in [1.54, 1.807) is 30.0 Å². The van der Waals surface area contributed by atoms with E-state index in [4.69, 9.17) is 11.6 Å². The number of carbonyl (C=O) groups is 2. The van der Waals surface area contributed by atoms with Crippen LogP contribution in [-0.4, -0.2) is 46.3 Å². The van der Waals surface area contributed by atoms with Gasteiger partial charge < -0.3 is 10.2 Å². The zero-order valence-electron chi connectivity index (χ0n) is 12.8. The molecule has 1 saturated heterocycles. The summed E-state index contributed by atoms with van der Waals surface area (Å²) in [4.78, 5) is 30.1. The van der Waals surface area contributed by atoms with Gasteiger partial charge in [0.1, 0.15) is 5.82 Å². The minimum absolute atomic E-state index is 0.0482. The second-order valence-electron chi connectivity index (χ2n) is 5.31. The van der Waals surface area contributed by atoms with E-state index >= 15 is 0 Å². The van der Waals surface area contributed by atoms with Crippen molar-refractivity contribution in [2.75, 3.05) is 29.9 Å². The lowest BCUT2D eigenvalue weighted by molar-refractivity contribution is -0.132. The molecular formula is C16H20ClN3O2S. The number of hydrogen-bond donors (Lipinski definition) is 1. The first-order valence-electron chi connectivity index (χ1n) is 7.49. The lowest BCUT2D eigenvalue weighted by Gasteiger charge is -2.31. The third-order valence-electron chi connectivity index (χ3n) is 3.66. The third kappa shape index (κ3) is 5.55. The minimum Gasteiger partial charge on any atom is -0.342 e. The Morgan fingerprint density at radius 1 is 1.43 bits per heavy atom. The molecule has 1 aliphatic heterocycles. The summed E-state index contributed by atoms with van der Waals surface area (Å²) in [5.74, 6) is 1.75. The molecule has 0 atom stereocenters. The summed E-state index contributed by atoms with van der Waals surface area (Å²) in [6.45, 7) is 4.89. The van der Waals surface area contributed by atoms with Crippen molar-refractivity contribution in [1.82, 2.24) is 9.88 Å². The van der Waals surface area contributed by atoms with Gasteiger partial charge in [-0.3, -0.25) is 9.59 Å². The Balaban J connectivity index is 1.77. The fourth-order valence-electron chi connectivity index (χ4n) is 2.39. The lowest BCUT2D eigenvalue weighted by Crippen LogP contribution is -2.42. The number of thioether (sulfide) groups is 1. The van der Waals surface area contributed by atoms with Crippen LogP contribution in [0.15, 0.2) is 31.0 Å². The van der Waals surface area contributed by atoms with Crippen LogP contribution in [0, 0.1) is 5.92 Å². The highest BCUT2D eigenvalue weighted by Gasteiger charge is 2.27. The highest BCUT2D eigenvalue weighted by atomic mass is 35.5. The van der Waals surface area contributed by atoms with Crippen LogP contribution in [0.2, 0.25) is 5.02 Å². The van der Waals surface area contributed by atoms with Gasteiger partial charge >= 0.3 is 0 Å². The standard InChI is InChI=1S/C16H20ClN3O2S/c1-2-9-23-11-15(21)20-7-5-12(6-8-20)16(22)19-14-4-3-13(17)10-18-14/h2-4,10,12H,1,5-9,11H2,(H,18,19,22). The topological polar surface area (TPSA) is 62.3 Å². The number of halogens is 1. The zero-order chi connectivity index (χ0) is 16.7. The van der Waals surface area contributed by atoms with E-state index in [-0.39, 0.29) is 17.7 Å². The Morgan fingerprint density at radius 3 is 2.78 bits per heavy atom. The Hall–Kier alpha value is -1.53. The minimum atomic E-state index is -0.0858. The molecule has 0 aliphatic carbocycles. The summed E-state index contributed by atoms with van der Waals surface area (Å²) in [5.41, 5.74) is 0. The Morgan fingerprint density at radius 2 is 2.17 bits per heavy atom. The lowest BCUT2D eigenvalue weighted by atomic mass is 9.96. The Bertz CT molecular complexity index is 557. The van der Waals surface area contributed by atoms with Gasteiger partial charge in [-0.05, 0) is 25.0 Å².